The number of unbranched alkanes of at least 4 members (excludes halogenated alkanes) is 1. The van der Waals surface area contributed by atoms with Crippen LogP contribution in [0, 0.1) is 11.3 Å². The number of rotatable bonds is 6. The van der Waals surface area contributed by atoms with Crippen molar-refractivity contribution in [2.45, 2.75) is 26.2 Å². The summed E-state index contributed by atoms with van der Waals surface area (Å²) >= 11 is 0. The van der Waals surface area contributed by atoms with Crippen molar-refractivity contribution in [3.05, 3.63) is 30.3 Å². The molecule has 7 heteroatoms. The molecule has 0 bridgehead atoms. The van der Waals surface area contributed by atoms with Crippen LogP contribution >= 0.6 is 0 Å². The second-order valence-electron chi connectivity index (χ2n) is 4.03. The Balaban J connectivity index is 0.000000621. The molecule has 0 aliphatic carbocycles. The summed E-state index contributed by atoms with van der Waals surface area (Å²) in [5.74, 6) is 0. The third kappa shape index (κ3) is 11.5. The Hall–Kier alpha value is -1.62. The lowest BCUT2D eigenvalue weighted by molar-refractivity contribution is 0.381. The number of nitrogens with zero attached hydrogens (tertiary/aromatic N) is 2. The average Bonchev–Trinajstić information content (AvgIpc) is 2.38. The van der Waals surface area contributed by atoms with Crippen LogP contribution in [0.5, 0.6) is 0 Å². The molecule has 0 aromatic heterocycles. The van der Waals surface area contributed by atoms with Crippen molar-refractivity contribution in [1.29, 1.82) is 5.26 Å². The standard InChI is InChI=1S/C13H18N2.H2O4S/c1-2-3-11-15(12-7-10-14)13-8-5-4-6-9-13;1-5(2,3)4/h4-6,8-9H,2-3,7,11-12H2,1H3;(H2,1,2,3,4). The van der Waals surface area contributed by atoms with E-state index < -0.39 is 10.4 Å². The normalized spacial score (nSPS) is 10.1. The van der Waals surface area contributed by atoms with Gasteiger partial charge in [-0.05, 0) is 18.6 Å². The zero-order valence-corrected chi connectivity index (χ0v) is 12.3. The SMILES string of the molecule is CCCCN(CCC#N)c1ccccc1.O=S(=O)(O)O. The third-order valence-electron chi connectivity index (χ3n) is 2.40. The second kappa shape index (κ2) is 10.2. The van der Waals surface area contributed by atoms with Crippen molar-refractivity contribution in [2.75, 3.05) is 18.0 Å². The Kier molecular flexibility index (Phi) is 9.38. The van der Waals surface area contributed by atoms with Crippen molar-refractivity contribution in [1.82, 2.24) is 0 Å². The molecule has 1 aromatic rings. The van der Waals surface area contributed by atoms with Gasteiger partial charge in [0.2, 0.25) is 0 Å². The number of para-hydroxylation sites is 1. The minimum atomic E-state index is -4.67. The lowest BCUT2D eigenvalue weighted by Gasteiger charge is -2.23. The van der Waals surface area contributed by atoms with Crippen LogP contribution in [0.25, 0.3) is 0 Å². The van der Waals surface area contributed by atoms with Crippen LogP contribution < -0.4 is 4.90 Å². The molecule has 1 rings (SSSR count). The Morgan fingerprint density at radius 1 is 1.20 bits per heavy atom. The predicted molar refractivity (Wildman–Crippen MR) is 78.0 cm³/mol. The molecule has 0 amide bonds. The topological polar surface area (TPSA) is 102 Å². The van der Waals surface area contributed by atoms with E-state index in [1.807, 2.05) is 18.2 Å². The summed E-state index contributed by atoms with van der Waals surface area (Å²) in [5.41, 5.74) is 1.22. The largest absolute Gasteiger partial charge is 0.394 e. The summed E-state index contributed by atoms with van der Waals surface area (Å²) in [6.07, 6.45) is 2.97. The van der Waals surface area contributed by atoms with Crippen molar-refractivity contribution < 1.29 is 17.5 Å². The molecule has 2 N–H and O–H groups in total. The van der Waals surface area contributed by atoms with Gasteiger partial charge in [0.05, 0.1) is 12.5 Å². The van der Waals surface area contributed by atoms with Crippen LogP contribution in [-0.4, -0.2) is 30.6 Å². The van der Waals surface area contributed by atoms with E-state index in [0.717, 1.165) is 13.1 Å². The highest BCUT2D eigenvalue weighted by molar-refractivity contribution is 7.79. The van der Waals surface area contributed by atoms with Gasteiger partial charge in [-0.1, -0.05) is 31.5 Å². The molecule has 20 heavy (non-hydrogen) atoms. The predicted octanol–water partition coefficient (Wildman–Crippen LogP) is 2.55. The smallest absolute Gasteiger partial charge is 0.371 e. The lowest BCUT2D eigenvalue weighted by Crippen LogP contribution is -2.25. The molecule has 0 fully saturated rings. The van der Waals surface area contributed by atoms with Crippen molar-refractivity contribution in [3.8, 4) is 6.07 Å². The highest BCUT2D eigenvalue weighted by Crippen LogP contribution is 2.14. The van der Waals surface area contributed by atoms with Crippen molar-refractivity contribution >= 4 is 16.1 Å². The Labute approximate surface area is 120 Å². The molecular formula is C13H20N2O4S. The molecule has 0 heterocycles. The highest BCUT2D eigenvalue weighted by Gasteiger charge is 2.03. The minimum absolute atomic E-state index is 0.596. The molecule has 0 saturated heterocycles. The first kappa shape index (κ1) is 18.4. The fourth-order valence-corrected chi connectivity index (χ4v) is 1.54. The van der Waals surface area contributed by atoms with Gasteiger partial charge in [-0.15, -0.1) is 0 Å². The molecule has 112 valence electrons. The number of hydrogen-bond donors (Lipinski definition) is 2. The van der Waals surface area contributed by atoms with E-state index in [9.17, 15) is 0 Å². The van der Waals surface area contributed by atoms with E-state index in [2.05, 4.69) is 30.0 Å². The van der Waals surface area contributed by atoms with E-state index in [0.29, 0.717) is 6.42 Å². The summed E-state index contributed by atoms with van der Waals surface area (Å²) in [7, 11) is -4.67. The van der Waals surface area contributed by atoms with E-state index in [1.54, 1.807) is 0 Å². The summed E-state index contributed by atoms with van der Waals surface area (Å²) in [5, 5.41) is 8.61. The van der Waals surface area contributed by atoms with Gasteiger partial charge in [0.25, 0.3) is 0 Å². The minimum Gasteiger partial charge on any atom is -0.371 e. The van der Waals surface area contributed by atoms with E-state index >= 15 is 0 Å². The Bertz CT molecular complexity index is 489. The van der Waals surface area contributed by atoms with Crippen LogP contribution in [-0.2, 0) is 10.4 Å². The molecule has 6 nitrogen and oxygen atoms in total. The van der Waals surface area contributed by atoms with Gasteiger partial charge >= 0.3 is 10.4 Å². The fraction of sp³-hybridized carbons (Fsp3) is 0.462. The molecule has 0 aliphatic heterocycles. The first-order valence-corrected chi connectivity index (χ1v) is 7.65. The average molecular weight is 300 g/mol. The van der Waals surface area contributed by atoms with E-state index in [-0.39, 0.29) is 0 Å². The molecule has 1 aromatic carbocycles. The second-order valence-corrected chi connectivity index (χ2v) is 4.93. The number of benzene rings is 1. The van der Waals surface area contributed by atoms with Crippen molar-refractivity contribution in [2.24, 2.45) is 0 Å². The first-order chi connectivity index (χ1) is 9.38. The maximum Gasteiger partial charge on any atom is 0.394 e. The molecule has 0 atom stereocenters. The summed E-state index contributed by atoms with van der Waals surface area (Å²) in [6.45, 7) is 4.07. The molecule has 0 radical (unpaired) electrons. The number of nitriles is 1. The number of hydrogen-bond acceptors (Lipinski definition) is 4. The third-order valence-corrected chi connectivity index (χ3v) is 2.40. The molecule has 0 aliphatic rings. The van der Waals surface area contributed by atoms with Gasteiger partial charge in [-0.2, -0.15) is 13.7 Å². The highest BCUT2D eigenvalue weighted by atomic mass is 32.3. The van der Waals surface area contributed by atoms with Crippen LogP contribution in [0.3, 0.4) is 0 Å². The van der Waals surface area contributed by atoms with Crippen LogP contribution in [0.2, 0.25) is 0 Å². The van der Waals surface area contributed by atoms with Gasteiger partial charge in [0.1, 0.15) is 0 Å². The summed E-state index contributed by atoms with van der Waals surface area (Å²) in [4.78, 5) is 2.28. The van der Waals surface area contributed by atoms with E-state index in [4.69, 9.17) is 22.8 Å². The zero-order valence-electron chi connectivity index (χ0n) is 11.4. The van der Waals surface area contributed by atoms with Gasteiger partial charge in [-0.3, -0.25) is 9.11 Å². The van der Waals surface area contributed by atoms with Gasteiger partial charge < -0.3 is 4.90 Å². The molecule has 0 spiro atoms. The molecule has 0 unspecified atom stereocenters. The van der Waals surface area contributed by atoms with Gasteiger partial charge in [0, 0.05) is 18.8 Å². The maximum absolute atomic E-state index is 8.74. The molecule has 0 saturated carbocycles. The quantitative estimate of drug-likeness (QED) is 0.783. The zero-order chi connectivity index (χ0) is 15.4. The molecular weight excluding hydrogens is 280 g/mol. The van der Waals surface area contributed by atoms with E-state index in [1.165, 1.54) is 18.5 Å². The number of anilines is 1. The lowest BCUT2D eigenvalue weighted by atomic mass is 10.2. The van der Waals surface area contributed by atoms with Crippen molar-refractivity contribution in [3.63, 3.8) is 0 Å². The Morgan fingerprint density at radius 2 is 1.75 bits per heavy atom. The fourth-order valence-electron chi connectivity index (χ4n) is 1.54. The van der Waals surface area contributed by atoms with Gasteiger partial charge in [0.15, 0.2) is 0 Å². The maximum atomic E-state index is 8.74. The monoisotopic (exact) mass is 300 g/mol. The Morgan fingerprint density at radius 3 is 2.20 bits per heavy atom. The van der Waals surface area contributed by atoms with Crippen LogP contribution in [0.1, 0.15) is 26.2 Å². The van der Waals surface area contributed by atoms with Crippen LogP contribution in [0.4, 0.5) is 5.69 Å². The van der Waals surface area contributed by atoms with Crippen LogP contribution in [0.15, 0.2) is 30.3 Å². The van der Waals surface area contributed by atoms with Gasteiger partial charge in [-0.25, -0.2) is 0 Å². The summed E-state index contributed by atoms with van der Waals surface area (Å²) in [6, 6.07) is 12.5. The first-order valence-electron chi connectivity index (χ1n) is 6.25. The summed E-state index contributed by atoms with van der Waals surface area (Å²) < 4.78 is 31.6.